The minimum absolute atomic E-state index is 0. The van der Waals surface area contributed by atoms with Gasteiger partial charge >= 0.3 is 0 Å². The first-order valence-electron chi connectivity index (χ1n) is 4.95. The Morgan fingerprint density at radius 2 is 2.33 bits per heavy atom. The van der Waals surface area contributed by atoms with Gasteiger partial charge in [-0.2, -0.15) is 0 Å². The van der Waals surface area contributed by atoms with Gasteiger partial charge in [-0.15, -0.1) is 12.4 Å². The summed E-state index contributed by atoms with van der Waals surface area (Å²) in [5.74, 6) is 0.145. The van der Waals surface area contributed by atoms with Gasteiger partial charge in [0.2, 0.25) is 5.91 Å². The summed E-state index contributed by atoms with van der Waals surface area (Å²) in [7, 11) is 0. The van der Waals surface area contributed by atoms with E-state index in [4.69, 9.17) is 11.6 Å². The van der Waals surface area contributed by atoms with Crippen LogP contribution in [-0.4, -0.2) is 25.0 Å². The van der Waals surface area contributed by atoms with Crippen LogP contribution < -0.4 is 10.6 Å². The van der Waals surface area contributed by atoms with Gasteiger partial charge in [0.1, 0.15) is 0 Å². The van der Waals surface area contributed by atoms with Gasteiger partial charge in [0.15, 0.2) is 0 Å². The van der Waals surface area contributed by atoms with Gasteiger partial charge < -0.3 is 10.6 Å². The standard InChI is InChI=1S/C10H17ClN2O.ClH/c1-7(11)6-13-10(14)9-4-3-5-12-8(9)2;/h8-9,12H,1,3-6H2,2H3,(H,13,14);1H/t8-,9-;/m1./s1. The third-order valence-electron chi connectivity index (χ3n) is 2.55. The molecule has 0 unspecified atom stereocenters. The van der Waals surface area contributed by atoms with Crippen LogP contribution in [0.4, 0.5) is 0 Å². The minimum Gasteiger partial charge on any atom is -0.351 e. The lowest BCUT2D eigenvalue weighted by atomic mass is 9.91. The predicted octanol–water partition coefficient (Wildman–Crippen LogP) is 1.67. The molecule has 0 bridgehead atoms. The monoisotopic (exact) mass is 252 g/mol. The summed E-state index contributed by atoms with van der Waals surface area (Å²) in [6, 6.07) is 0.257. The number of halogens is 2. The van der Waals surface area contributed by atoms with Gasteiger partial charge in [-0.3, -0.25) is 4.79 Å². The summed E-state index contributed by atoms with van der Waals surface area (Å²) >= 11 is 5.57. The van der Waals surface area contributed by atoms with E-state index in [1.807, 2.05) is 6.92 Å². The second kappa shape index (κ2) is 7.09. The normalized spacial score (nSPS) is 25.2. The summed E-state index contributed by atoms with van der Waals surface area (Å²) in [6.45, 7) is 6.94. The van der Waals surface area contributed by atoms with Crippen LogP contribution in [0.1, 0.15) is 19.8 Å². The van der Waals surface area contributed by atoms with E-state index >= 15 is 0 Å². The molecular formula is C10H18Cl2N2O. The molecule has 2 N–H and O–H groups in total. The molecule has 1 aliphatic heterocycles. The van der Waals surface area contributed by atoms with Crippen LogP contribution in [-0.2, 0) is 4.79 Å². The van der Waals surface area contributed by atoms with Crippen LogP contribution in [0.2, 0.25) is 0 Å². The third-order valence-corrected chi connectivity index (χ3v) is 2.69. The number of amides is 1. The molecule has 5 heteroatoms. The van der Waals surface area contributed by atoms with Crippen molar-refractivity contribution in [2.75, 3.05) is 13.1 Å². The maximum atomic E-state index is 11.7. The predicted molar refractivity (Wildman–Crippen MR) is 65.4 cm³/mol. The average molecular weight is 253 g/mol. The highest BCUT2D eigenvalue weighted by molar-refractivity contribution is 6.29. The Bertz CT molecular complexity index is 233. The molecule has 0 aromatic heterocycles. The summed E-state index contributed by atoms with van der Waals surface area (Å²) in [5, 5.41) is 6.52. The molecule has 0 saturated carbocycles. The molecule has 1 saturated heterocycles. The van der Waals surface area contributed by atoms with E-state index in [9.17, 15) is 4.79 Å². The van der Waals surface area contributed by atoms with Crippen molar-refractivity contribution >= 4 is 29.9 Å². The van der Waals surface area contributed by atoms with Crippen molar-refractivity contribution in [3.8, 4) is 0 Å². The molecule has 0 spiro atoms. The zero-order valence-corrected chi connectivity index (χ0v) is 10.5. The van der Waals surface area contributed by atoms with Gasteiger partial charge in [-0.05, 0) is 26.3 Å². The van der Waals surface area contributed by atoms with Gasteiger partial charge in [-0.1, -0.05) is 18.2 Å². The lowest BCUT2D eigenvalue weighted by Crippen LogP contribution is -2.46. The van der Waals surface area contributed by atoms with Crippen molar-refractivity contribution in [3.63, 3.8) is 0 Å². The van der Waals surface area contributed by atoms with E-state index in [2.05, 4.69) is 17.2 Å². The van der Waals surface area contributed by atoms with Crippen LogP contribution >= 0.6 is 24.0 Å². The lowest BCUT2D eigenvalue weighted by Gasteiger charge is -2.28. The molecule has 1 aliphatic rings. The largest absolute Gasteiger partial charge is 0.351 e. The Kier molecular flexibility index (Phi) is 6.98. The molecule has 0 aromatic rings. The van der Waals surface area contributed by atoms with Crippen LogP contribution in [0, 0.1) is 5.92 Å². The zero-order chi connectivity index (χ0) is 10.6. The fourth-order valence-electron chi connectivity index (χ4n) is 1.72. The fraction of sp³-hybridized carbons (Fsp3) is 0.700. The molecule has 0 aliphatic carbocycles. The van der Waals surface area contributed by atoms with Crippen molar-refractivity contribution in [1.29, 1.82) is 0 Å². The number of rotatable bonds is 3. The van der Waals surface area contributed by atoms with Crippen molar-refractivity contribution in [2.24, 2.45) is 5.92 Å². The number of carbonyl (C=O) groups is 1. The molecule has 15 heavy (non-hydrogen) atoms. The summed E-state index contributed by atoms with van der Waals surface area (Å²) < 4.78 is 0. The topological polar surface area (TPSA) is 41.1 Å². The lowest BCUT2D eigenvalue weighted by molar-refractivity contribution is -0.126. The molecule has 88 valence electrons. The van der Waals surface area contributed by atoms with Crippen molar-refractivity contribution < 1.29 is 4.79 Å². The second-order valence-corrected chi connectivity index (χ2v) is 4.26. The van der Waals surface area contributed by atoms with Crippen molar-refractivity contribution in [3.05, 3.63) is 11.6 Å². The minimum atomic E-state index is 0. The molecule has 1 heterocycles. The van der Waals surface area contributed by atoms with Crippen LogP contribution in [0.25, 0.3) is 0 Å². The Labute approximate surface area is 102 Å². The summed E-state index contributed by atoms with van der Waals surface area (Å²) in [5.41, 5.74) is 0. The highest BCUT2D eigenvalue weighted by Crippen LogP contribution is 2.16. The van der Waals surface area contributed by atoms with Crippen LogP contribution in [0.3, 0.4) is 0 Å². The zero-order valence-electron chi connectivity index (χ0n) is 8.88. The smallest absolute Gasteiger partial charge is 0.224 e. The SMILES string of the molecule is C=C(Cl)CNC(=O)[C@@H]1CCCN[C@@H]1C.Cl. The van der Waals surface area contributed by atoms with Crippen molar-refractivity contribution in [1.82, 2.24) is 10.6 Å². The van der Waals surface area contributed by atoms with E-state index in [0.29, 0.717) is 11.6 Å². The van der Waals surface area contributed by atoms with Crippen LogP contribution in [0.5, 0.6) is 0 Å². The fourth-order valence-corrected chi connectivity index (χ4v) is 1.78. The van der Waals surface area contributed by atoms with Gasteiger partial charge in [0.25, 0.3) is 0 Å². The highest BCUT2D eigenvalue weighted by atomic mass is 35.5. The second-order valence-electron chi connectivity index (χ2n) is 3.73. The van der Waals surface area contributed by atoms with E-state index in [0.717, 1.165) is 19.4 Å². The van der Waals surface area contributed by atoms with E-state index in [1.54, 1.807) is 0 Å². The molecule has 3 nitrogen and oxygen atoms in total. The first kappa shape index (κ1) is 14.8. The van der Waals surface area contributed by atoms with Crippen LogP contribution in [0.15, 0.2) is 11.6 Å². The molecule has 1 amide bonds. The van der Waals surface area contributed by atoms with E-state index in [-0.39, 0.29) is 30.3 Å². The van der Waals surface area contributed by atoms with E-state index < -0.39 is 0 Å². The highest BCUT2D eigenvalue weighted by Gasteiger charge is 2.26. The number of nitrogens with one attached hydrogen (secondary N) is 2. The van der Waals surface area contributed by atoms with Crippen molar-refractivity contribution in [2.45, 2.75) is 25.8 Å². The first-order valence-corrected chi connectivity index (χ1v) is 5.33. The first-order chi connectivity index (χ1) is 6.61. The maximum absolute atomic E-state index is 11.7. The summed E-state index contributed by atoms with van der Waals surface area (Å²) in [4.78, 5) is 11.7. The van der Waals surface area contributed by atoms with Gasteiger partial charge in [0.05, 0.1) is 12.5 Å². The van der Waals surface area contributed by atoms with Gasteiger partial charge in [-0.25, -0.2) is 0 Å². The number of piperidine rings is 1. The Balaban J connectivity index is 0.00000196. The summed E-state index contributed by atoms with van der Waals surface area (Å²) in [6.07, 6.45) is 2.01. The number of carbonyl (C=O) groups excluding carboxylic acids is 1. The maximum Gasteiger partial charge on any atom is 0.224 e. The molecule has 1 rings (SSSR count). The quantitative estimate of drug-likeness (QED) is 0.803. The Hall–Kier alpha value is -0.250. The third kappa shape index (κ3) is 4.87. The molecule has 2 atom stereocenters. The van der Waals surface area contributed by atoms with Gasteiger partial charge in [0, 0.05) is 11.1 Å². The average Bonchev–Trinajstić information content (AvgIpc) is 2.15. The molecule has 1 fully saturated rings. The Morgan fingerprint density at radius 1 is 1.67 bits per heavy atom. The molecular weight excluding hydrogens is 235 g/mol. The molecule has 0 aromatic carbocycles. The number of hydrogen-bond acceptors (Lipinski definition) is 2. The van der Waals surface area contributed by atoms with E-state index in [1.165, 1.54) is 0 Å². The Morgan fingerprint density at radius 3 is 2.87 bits per heavy atom. The molecule has 0 radical (unpaired) electrons. The number of hydrogen-bond donors (Lipinski definition) is 2.